The second kappa shape index (κ2) is 6.93. The molecule has 2 N–H and O–H groups in total. The Bertz CT molecular complexity index is 529. The number of nitrogens with zero attached hydrogens (tertiary/aromatic N) is 2. The van der Waals surface area contributed by atoms with Gasteiger partial charge in [0.2, 0.25) is 0 Å². The van der Waals surface area contributed by atoms with E-state index in [9.17, 15) is 4.79 Å². The third-order valence-corrected chi connectivity index (χ3v) is 3.47. The topological polar surface area (TPSA) is 67.2 Å². The average Bonchev–Trinajstić information content (AvgIpc) is 2.79. The minimum atomic E-state index is -0.590. The summed E-state index contributed by atoms with van der Waals surface area (Å²) in [6, 6.07) is 0. The van der Waals surface area contributed by atoms with Crippen molar-refractivity contribution < 1.29 is 9.90 Å². The summed E-state index contributed by atoms with van der Waals surface area (Å²) in [6.07, 6.45) is 5.27. The van der Waals surface area contributed by atoms with E-state index in [1.165, 1.54) is 0 Å². The molecule has 0 radical (unpaired) electrons. The molecule has 1 rings (SSSR count). The van der Waals surface area contributed by atoms with Crippen LogP contribution in [0, 0.1) is 5.92 Å². The first-order valence-electron chi connectivity index (χ1n) is 6.82. The van der Waals surface area contributed by atoms with Crippen LogP contribution < -0.4 is 5.32 Å². The molecule has 0 saturated heterocycles. The first-order valence-corrected chi connectivity index (χ1v) is 6.82. The normalized spacial score (nSPS) is 13.1. The fourth-order valence-corrected chi connectivity index (χ4v) is 2.06. The lowest BCUT2D eigenvalue weighted by Crippen LogP contribution is -2.20. The molecule has 0 aliphatic rings. The molecule has 20 heavy (non-hydrogen) atoms. The molecule has 1 heterocycles. The number of aromatic nitrogens is 2. The summed E-state index contributed by atoms with van der Waals surface area (Å²) in [6.45, 7) is 9.46. The van der Waals surface area contributed by atoms with Gasteiger partial charge in [-0.05, 0) is 24.3 Å². The predicted octanol–water partition coefficient (Wildman–Crippen LogP) is 2.56. The van der Waals surface area contributed by atoms with E-state index < -0.39 is 11.7 Å². The number of aryl methyl sites for hydroxylation is 1. The van der Waals surface area contributed by atoms with Crippen LogP contribution >= 0.6 is 0 Å². The molecule has 0 fully saturated rings. The summed E-state index contributed by atoms with van der Waals surface area (Å²) in [5, 5.41) is 15.9. The number of nitrogens with one attached hydrogen (secondary N) is 1. The Balaban J connectivity index is 3.15. The number of amides is 1. The van der Waals surface area contributed by atoms with E-state index in [0.717, 1.165) is 29.7 Å². The fraction of sp³-hybridized carbons (Fsp3) is 0.467. The molecule has 1 aromatic rings. The van der Waals surface area contributed by atoms with Crippen LogP contribution in [0.25, 0.3) is 5.57 Å². The van der Waals surface area contributed by atoms with Crippen LogP contribution in [-0.4, -0.2) is 20.8 Å². The van der Waals surface area contributed by atoms with Crippen LogP contribution in [0.3, 0.4) is 0 Å². The monoisotopic (exact) mass is 277 g/mol. The number of rotatable bonds is 6. The van der Waals surface area contributed by atoms with Crippen molar-refractivity contribution in [3.63, 3.8) is 0 Å². The maximum Gasteiger partial charge on any atom is 0.289 e. The van der Waals surface area contributed by atoms with Crippen molar-refractivity contribution >= 4 is 11.5 Å². The van der Waals surface area contributed by atoms with E-state index in [2.05, 4.69) is 37.8 Å². The maximum absolute atomic E-state index is 11.4. The molecule has 0 aliphatic heterocycles. The standard InChI is InChI=1S/C15H23N3O2/c1-6-10(3)12(8-16-15(20)11(4)19)13-9-17-18(5)14(13)7-2/h8-10,19H,4,6-7H2,1-3,5H3,(H,16,20)/b12-8+. The number of carbonyl (C=O) groups is 1. The van der Waals surface area contributed by atoms with Gasteiger partial charge in [-0.3, -0.25) is 9.48 Å². The summed E-state index contributed by atoms with van der Waals surface area (Å²) in [4.78, 5) is 11.4. The van der Waals surface area contributed by atoms with Gasteiger partial charge in [0, 0.05) is 24.5 Å². The molecular weight excluding hydrogens is 254 g/mol. The van der Waals surface area contributed by atoms with E-state index in [-0.39, 0.29) is 5.92 Å². The van der Waals surface area contributed by atoms with Crippen molar-refractivity contribution in [2.45, 2.75) is 33.6 Å². The molecule has 110 valence electrons. The van der Waals surface area contributed by atoms with E-state index >= 15 is 0 Å². The molecule has 1 atom stereocenters. The van der Waals surface area contributed by atoms with E-state index in [1.54, 1.807) is 6.20 Å². The lowest BCUT2D eigenvalue weighted by Gasteiger charge is -2.15. The molecule has 1 amide bonds. The first kappa shape index (κ1) is 16.0. The zero-order valence-electron chi connectivity index (χ0n) is 12.6. The zero-order chi connectivity index (χ0) is 15.3. The lowest BCUT2D eigenvalue weighted by molar-refractivity contribution is -0.118. The SMILES string of the molecule is C=C(O)C(=O)N/C=C(/c1cnn(C)c1CC)C(C)CC. The molecule has 5 nitrogen and oxygen atoms in total. The summed E-state index contributed by atoms with van der Waals surface area (Å²) in [7, 11) is 1.91. The fourth-order valence-electron chi connectivity index (χ4n) is 2.06. The Morgan fingerprint density at radius 2 is 2.25 bits per heavy atom. The lowest BCUT2D eigenvalue weighted by atomic mass is 9.92. The highest BCUT2D eigenvalue weighted by molar-refractivity contribution is 5.91. The van der Waals surface area contributed by atoms with Gasteiger partial charge >= 0.3 is 0 Å². The van der Waals surface area contributed by atoms with Crippen molar-refractivity contribution in [2.75, 3.05) is 0 Å². The molecule has 0 aromatic carbocycles. The third-order valence-electron chi connectivity index (χ3n) is 3.47. The van der Waals surface area contributed by atoms with Crippen molar-refractivity contribution in [1.29, 1.82) is 0 Å². The number of hydrogen-bond donors (Lipinski definition) is 2. The second-order valence-corrected chi connectivity index (χ2v) is 4.81. The van der Waals surface area contributed by atoms with Crippen LogP contribution in [0.2, 0.25) is 0 Å². The molecule has 5 heteroatoms. The molecule has 1 aromatic heterocycles. The van der Waals surface area contributed by atoms with Crippen LogP contribution in [-0.2, 0) is 18.3 Å². The summed E-state index contributed by atoms with van der Waals surface area (Å²) < 4.78 is 1.85. The van der Waals surface area contributed by atoms with Gasteiger partial charge in [-0.1, -0.05) is 27.4 Å². The summed E-state index contributed by atoms with van der Waals surface area (Å²) in [5.41, 5.74) is 3.16. The first-order chi connectivity index (χ1) is 9.42. The smallest absolute Gasteiger partial charge is 0.289 e. The van der Waals surface area contributed by atoms with E-state index in [1.807, 2.05) is 17.9 Å². The Kier molecular flexibility index (Phi) is 5.55. The van der Waals surface area contributed by atoms with Crippen molar-refractivity contribution in [3.05, 3.63) is 36.0 Å². The van der Waals surface area contributed by atoms with Gasteiger partial charge in [0.25, 0.3) is 5.91 Å². The zero-order valence-corrected chi connectivity index (χ0v) is 12.6. The second-order valence-electron chi connectivity index (χ2n) is 4.81. The Morgan fingerprint density at radius 3 is 2.75 bits per heavy atom. The van der Waals surface area contributed by atoms with E-state index in [4.69, 9.17) is 5.11 Å². The van der Waals surface area contributed by atoms with Crippen LogP contribution in [0.15, 0.2) is 24.7 Å². The minimum Gasteiger partial charge on any atom is -0.503 e. The maximum atomic E-state index is 11.4. The molecule has 0 spiro atoms. The number of aliphatic hydroxyl groups excluding tert-OH is 1. The van der Waals surface area contributed by atoms with Gasteiger partial charge in [0.1, 0.15) is 0 Å². The highest BCUT2D eigenvalue weighted by Crippen LogP contribution is 2.27. The minimum absolute atomic E-state index is 0.275. The number of hydrogen-bond acceptors (Lipinski definition) is 3. The Hall–Kier alpha value is -2.04. The quantitative estimate of drug-likeness (QED) is 0.620. The predicted molar refractivity (Wildman–Crippen MR) is 79.9 cm³/mol. The number of aliphatic hydroxyl groups is 1. The largest absolute Gasteiger partial charge is 0.503 e. The van der Waals surface area contributed by atoms with Crippen molar-refractivity contribution in [1.82, 2.24) is 15.1 Å². The van der Waals surface area contributed by atoms with E-state index in [0.29, 0.717) is 0 Å². The van der Waals surface area contributed by atoms with Crippen molar-refractivity contribution in [3.8, 4) is 0 Å². The Labute approximate surface area is 120 Å². The average molecular weight is 277 g/mol. The van der Waals surface area contributed by atoms with Crippen LogP contribution in [0.4, 0.5) is 0 Å². The molecule has 0 bridgehead atoms. The Morgan fingerprint density at radius 1 is 1.60 bits per heavy atom. The number of allylic oxidation sites excluding steroid dienone is 1. The molecule has 1 unspecified atom stereocenters. The number of carbonyl (C=O) groups excluding carboxylic acids is 1. The molecular formula is C15H23N3O2. The van der Waals surface area contributed by atoms with Gasteiger partial charge in [-0.15, -0.1) is 0 Å². The van der Waals surface area contributed by atoms with Gasteiger partial charge in [-0.25, -0.2) is 0 Å². The van der Waals surface area contributed by atoms with Crippen molar-refractivity contribution in [2.24, 2.45) is 13.0 Å². The third kappa shape index (κ3) is 3.50. The van der Waals surface area contributed by atoms with Gasteiger partial charge in [0.05, 0.1) is 6.20 Å². The molecule has 0 saturated carbocycles. The van der Waals surface area contributed by atoms with Gasteiger partial charge in [-0.2, -0.15) is 5.10 Å². The van der Waals surface area contributed by atoms with Crippen LogP contribution in [0.5, 0.6) is 0 Å². The summed E-state index contributed by atoms with van der Waals surface area (Å²) >= 11 is 0. The van der Waals surface area contributed by atoms with Crippen LogP contribution in [0.1, 0.15) is 38.4 Å². The highest BCUT2D eigenvalue weighted by atomic mass is 16.3. The summed E-state index contributed by atoms with van der Waals surface area (Å²) in [5.74, 6) is -0.809. The highest BCUT2D eigenvalue weighted by Gasteiger charge is 2.16. The molecule has 0 aliphatic carbocycles. The van der Waals surface area contributed by atoms with Gasteiger partial charge < -0.3 is 10.4 Å². The van der Waals surface area contributed by atoms with Gasteiger partial charge in [0.15, 0.2) is 5.76 Å².